The van der Waals surface area contributed by atoms with Crippen LogP contribution in [0.5, 0.6) is 5.75 Å². The summed E-state index contributed by atoms with van der Waals surface area (Å²) in [5.41, 5.74) is 4.22. The van der Waals surface area contributed by atoms with Crippen molar-refractivity contribution in [3.63, 3.8) is 0 Å². The number of ketones is 2. The first-order valence-corrected chi connectivity index (χ1v) is 13.4. The van der Waals surface area contributed by atoms with Gasteiger partial charge < -0.3 is 14.4 Å². The molecule has 5 nitrogen and oxygen atoms in total. The molecule has 1 heterocycles. The molecule has 0 spiro atoms. The van der Waals surface area contributed by atoms with Crippen molar-refractivity contribution in [1.29, 1.82) is 0 Å². The molecule has 2 aliphatic carbocycles. The van der Waals surface area contributed by atoms with E-state index in [2.05, 4.69) is 48.5 Å². The zero-order chi connectivity index (χ0) is 25.7. The minimum atomic E-state index is -0.419. The summed E-state index contributed by atoms with van der Waals surface area (Å²) in [5.74, 6) is 0.566. The molecule has 190 valence electrons. The van der Waals surface area contributed by atoms with Crippen LogP contribution in [-0.2, 0) is 14.3 Å². The fourth-order valence-electron chi connectivity index (χ4n) is 5.92. The number of methoxy groups -OCH3 is 1. The van der Waals surface area contributed by atoms with Gasteiger partial charge in [-0.25, -0.2) is 0 Å². The first-order chi connectivity index (χ1) is 16.3. The van der Waals surface area contributed by atoms with E-state index in [0.717, 1.165) is 51.2 Å². The molecule has 0 atom stereocenters. The van der Waals surface area contributed by atoms with Gasteiger partial charge in [-0.2, -0.15) is 0 Å². The first-order valence-electron chi connectivity index (χ1n) is 12.6. The number of carbonyl (C=O) groups excluding carboxylic acids is 2. The minimum absolute atomic E-state index is 0.0272. The lowest BCUT2D eigenvalue weighted by Gasteiger charge is -2.49. The second kappa shape index (κ2) is 9.51. The van der Waals surface area contributed by atoms with Crippen molar-refractivity contribution in [1.82, 2.24) is 4.90 Å². The predicted molar refractivity (Wildman–Crippen MR) is 141 cm³/mol. The molecule has 0 amide bonds. The first kappa shape index (κ1) is 26.2. The molecule has 0 radical (unpaired) electrons. The van der Waals surface area contributed by atoms with Crippen molar-refractivity contribution < 1.29 is 19.1 Å². The molecule has 0 aromatic heterocycles. The summed E-state index contributed by atoms with van der Waals surface area (Å²) in [4.78, 5) is 30.0. The maximum Gasteiger partial charge on any atom is 0.162 e. The monoisotopic (exact) mass is 543 g/mol. The lowest BCUT2D eigenvalue weighted by atomic mass is 9.63. The highest BCUT2D eigenvalue weighted by atomic mass is 79.9. The van der Waals surface area contributed by atoms with Crippen molar-refractivity contribution >= 4 is 27.5 Å². The normalized spacial score (nSPS) is 22.0. The standard InChI is InChI=1S/C29H38BrNO4/c1-17(2)35-24-9-8-18(30)12-19(24)25-26-20(13-28(3,4)15-22(26)32)31(10-11-34-7)21-14-29(5,6)16-23(33)27(21)25/h8-9,12,17,25H,10-11,13-16H2,1-7H3. The molecule has 35 heavy (non-hydrogen) atoms. The fourth-order valence-corrected chi connectivity index (χ4v) is 6.30. The summed E-state index contributed by atoms with van der Waals surface area (Å²) >= 11 is 3.63. The largest absolute Gasteiger partial charge is 0.491 e. The van der Waals surface area contributed by atoms with Crippen LogP contribution in [0.15, 0.2) is 45.2 Å². The number of ether oxygens (including phenoxy) is 2. The van der Waals surface area contributed by atoms with Crippen LogP contribution in [0.2, 0.25) is 0 Å². The molecule has 0 saturated carbocycles. The van der Waals surface area contributed by atoms with Crippen LogP contribution in [0.25, 0.3) is 0 Å². The van der Waals surface area contributed by atoms with Crippen molar-refractivity contribution in [2.75, 3.05) is 20.3 Å². The molecule has 1 aromatic rings. The van der Waals surface area contributed by atoms with Crippen molar-refractivity contribution in [2.45, 2.75) is 79.2 Å². The van der Waals surface area contributed by atoms with Gasteiger partial charge in [0.15, 0.2) is 11.6 Å². The number of hydrogen-bond acceptors (Lipinski definition) is 5. The average molecular weight is 545 g/mol. The van der Waals surface area contributed by atoms with Gasteiger partial charge in [-0.05, 0) is 55.7 Å². The zero-order valence-electron chi connectivity index (χ0n) is 22.1. The number of allylic oxidation sites excluding steroid dienone is 4. The second-order valence-corrected chi connectivity index (χ2v) is 12.9. The lowest BCUT2D eigenvalue weighted by molar-refractivity contribution is -0.119. The van der Waals surface area contributed by atoms with E-state index in [1.165, 1.54) is 0 Å². The Kier molecular flexibility index (Phi) is 7.11. The Labute approximate surface area is 218 Å². The Bertz CT molecular complexity index is 1060. The molecule has 0 unspecified atom stereocenters. The smallest absolute Gasteiger partial charge is 0.162 e. The summed E-state index contributed by atoms with van der Waals surface area (Å²) in [5, 5.41) is 0. The molecule has 6 heteroatoms. The van der Waals surface area contributed by atoms with Crippen molar-refractivity contribution in [3.05, 3.63) is 50.8 Å². The Hall–Kier alpha value is -1.92. The Morgan fingerprint density at radius 2 is 1.51 bits per heavy atom. The van der Waals surface area contributed by atoms with Crippen LogP contribution in [0.4, 0.5) is 0 Å². The fraction of sp³-hybridized carbons (Fsp3) is 0.586. The van der Waals surface area contributed by atoms with E-state index in [4.69, 9.17) is 9.47 Å². The highest BCUT2D eigenvalue weighted by Gasteiger charge is 2.49. The number of nitrogens with zero attached hydrogens (tertiary/aromatic N) is 1. The highest BCUT2D eigenvalue weighted by molar-refractivity contribution is 9.10. The van der Waals surface area contributed by atoms with E-state index >= 15 is 0 Å². The molecule has 0 N–H and O–H groups in total. The van der Waals surface area contributed by atoms with E-state index in [1.54, 1.807) is 7.11 Å². The van der Waals surface area contributed by atoms with Crippen LogP contribution in [-0.4, -0.2) is 42.8 Å². The third-order valence-corrected chi connectivity index (χ3v) is 7.68. The van der Waals surface area contributed by atoms with Gasteiger partial charge in [0.1, 0.15) is 5.75 Å². The SMILES string of the molecule is COCCN1C2=C(C(=O)CC(C)(C)C2)C(c2cc(Br)ccc2OC(C)C)C2=C1CC(C)(C)CC2=O. The molecule has 4 rings (SSSR count). The van der Waals surface area contributed by atoms with E-state index in [0.29, 0.717) is 26.0 Å². The van der Waals surface area contributed by atoms with Gasteiger partial charge in [0.2, 0.25) is 0 Å². The van der Waals surface area contributed by atoms with Gasteiger partial charge in [0.25, 0.3) is 0 Å². The molecule has 1 aromatic carbocycles. The number of benzene rings is 1. The minimum Gasteiger partial charge on any atom is -0.491 e. The summed E-state index contributed by atoms with van der Waals surface area (Å²) in [6.45, 7) is 13.8. The van der Waals surface area contributed by atoms with Gasteiger partial charge >= 0.3 is 0 Å². The van der Waals surface area contributed by atoms with Crippen LogP contribution < -0.4 is 4.74 Å². The molecule has 0 saturated heterocycles. The quantitative estimate of drug-likeness (QED) is 0.406. The third kappa shape index (κ3) is 5.15. The summed E-state index contributed by atoms with van der Waals surface area (Å²) < 4.78 is 12.6. The van der Waals surface area contributed by atoms with Crippen molar-refractivity contribution in [3.8, 4) is 5.75 Å². The average Bonchev–Trinajstić information content (AvgIpc) is 2.71. The highest BCUT2D eigenvalue weighted by Crippen LogP contribution is 2.55. The van der Waals surface area contributed by atoms with E-state index in [1.807, 2.05) is 32.0 Å². The number of rotatable bonds is 6. The van der Waals surface area contributed by atoms with Gasteiger partial charge in [0, 0.05) is 65.0 Å². The van der Waals surface area contributed by atoms with Gasteiger partial charge in [-0.1, -0.05) is 43.6 Å². The van der Waals surface area contributed by atoms with E-state index in [9.17, 15) is 9.59 Å². The van der Waals surface area contributed by atoms with Gasteiger partial charge in [0.05, 0.1) is 12.7 Å². The molecular formula is C29H38BrNO4. The van der Waals surface area contributed by atoms with Crippen LogP contribution in [0.1, 0.15) is 78.7 Å². The molecule has 0 fully saturated rings. The van der Waals surface area contributed by atoms with Crippen molar-refractivity contribution in [2.24, 2.45) is 10.8 Å². The van der Waals surface area contributed by atoms with Gasteiger partial charge in [-0.3, -0.25) is 9.59 Å². The third-order valence-electron chi connectivity index (χ3n) is 7.19. The molecule has 0 bridgehead atoms. The molecular weight excluding hydrogens is 506 g/mol. The maximum atomic E-state index is 13.9. The Balaban J connectivity index is 2.02. The van der Waals surface area contributed by atoms with Crippen LogP contribution in [0.3, 0.4) is 0 Å². The summed E-state index contributed by atoms with van der Waals surface area (Å²) in [7, 11) is 1.69. The number of carbonyl (C=O) groups is 2. The number of Topliss-reactive ketones (excluding diaryl/α,β-unsaturated/α-hetero) is 2. The van der Waals surface area contributed by atoms with Gasteiger partial charge in [-0.15, -0.1) is 0 Å². The van der Waals surface area contributed by atoms with E-state index < -0.39 is 5.92 Å². The maximum absolute atomic E-state index is 13.9. The zero-order valence-corrected chi connectivity index (χ0v) is 23.7. The lowest BCUT2D eigenvalue weighted by Crippen LogP contribution is -2.45. The Morgan fingerprint density at radius 3 is 2.00 bits per heavy atom. The Morgan fingerprint density at radius 1 is 0.971 bits per heavy atom. The van der Waals surface area contributed by atoms with Crippen LogP contribution in [0, 0.1) is 10.8 Å². The number of halogens is 1. The number of hydrogen-bond donors (Lipinski definition) is 0. The van der Waals surface area contributed by atoms with E-state index in [-0.39, 0.29) is 28.5 Å². The molecule has 1 aliphatic heterocycles. The molecule has 3 aliphatic rings. The predicted octanol–water partition coefficient (Wildman–Crippen LogP) is 6.57. The summed E-state index contributed by atoms with van der Waals surface area (Å²) in [6.07, 6.45) is 2.48. The van der Waals surface area contributed by atoms with Crippen LogP contribution >= 0.6 is 15.9 Å². The topological polar surface area (TPSA) is 55.8 Å². The summed E-state index contributed by atoms with van der Waals surface area (Å²) in [6, 6.07) is 5.94. The second-order valence-electron chi connectivity index (χ2n) is 12.0.